The van der Waals surface area contributed by atoms with Crippen LogP contribution in [0.1, 0.15) is 111 Å². The lowest BCUT2D eigenvalue weighted by atomic mass is 9.91. The molecule has 0 aliphatic rings. The van der Waals surface area contributed by atoms with Gasteiger partial charge in [-0.1, -0.05) is 91.9 Å². The third-order valence-corrected chi connectivity index (χ3v) is 4.75. The number of hydrogen-bond acceptors (Lipinski definition) is 3. The Labute approximate surface area is 162 Å². The zero-order valence-corrected chi connectivity index (χ0v) is 17.9. The third kappa shape index (κ3) is 21.4. The molecule has 0 aromatic rings. The molecule has 26 heavy (non-hydrogen) atoms. The maximum Gasteiger partial charge on any atom is 0.303 e. The van der Waals surface area contributed by atoms with E-state index >= 15 is 0 Å². The SMILES string of the molecule is CC(C)(CO)CO.CCCCCCCCC(CCCCCC)CC(=O)O. The van der Waals surface area contributed by atoms with Gasteiger partial charge >= 0.3 is 5.97 Å². The Morgan fingerprint density at radius 1 is 0.769 bits per heavy atom. The number of hydrogen-bond donors (Lipinski definition) is 3. The van der Waals surface area contributed by atoms with E-state index < -0.39 is 5.97 Å². The number of unbranched alkanes of at least 4 members (excludes halogenated alkanes) is 8. The van der Waals surface area contributed by atoms with Crippen molar-refractivity contribution in [2.45, 2.75) is 111 Å². The summed E-state index contributed by atoms with van der Waals surface area (Å²) in [6.45, 7) is 8.14. The van der Waals surface area contributed by atoms with Crippen molar-refractivity contribution in [2.24, 2.45) is 11.3 Å². The van der Waals surface area contributed by atoms with Crippen LogP contribution < -0.4 is 0 Å². The maximum atomic E-state index is 10.9. The first-order valence-electron chi connectivity index (χ1n) is 10.8. The molecule has 4 heteroatoms. The number of carboxylic acid groups (broad SMARTS) is 1. The highest BCUT2D eigenvalue weighted by atomic mass is 16.4. The summed E-state index contributed by atoms with van der Waals surface area (Å²) in [5.41, 5.74) is -0.306. The molecule has 1 unspecified atom stereocenters. The molecule has 0 bridgehead atoms. The summed E-state index contributed by atoms with van der Waals surface area (Å²) in [4.78, 5) is 10.9. The predicted octanol–water partition coefficient (Wildman–Crippen LogP) is 5.80. The van der Waals surface area contributed by atoms with Crippen molar-refractivity contribution < 1.29 is 20.1 Å². The molecular formula is C22H46O4. The van der Waals surface area contributed by atoms with Gasteiger partial charge in [0.15, 0.2) is 0 Å². The van der Waals surface area contributed by atoms with E-state index in [9.17, 15) is 4.79 Å². The largest absolute Gasteiger partial charge is 0.481 e. The Morgan fingerprint density at radius 2 is 1.15 bits per heavy atom. The summed E-state index contributed by atoms with van der Waals surface area (Å²) in [5.74, 6) is -0.202. The van der Waals surface area contributed by atoms with Gasteiger partial charge in [-0.2, -0.15) is 0 Å². The smallest absolute Gasteiger partial charge is 0.303 e. The number of carboxylic acids is 1. The van der Waals surface area contributed by atoms with Crippen LogP contribution in [-0.2, 0) is 4.79 Å². The summed E-state index contributed by atoms with van der Waals surface area (Å²) < 4.78 is 0. The predicted molar refractivity (Wildman–Crippen MR) is 110 cm³/mol. The van der Waals surface area contributed by atoms with Crippen molar-refractivity contribution in [3.05, 3.63) is 0 Å². The van der Waals surface area contributed by atoms with E-state index in [-0.39, 0.29) is 18.6 Å². The first-order valence-corrected chi connectivity index (χ1v) is 10.8. The summed E-state index contributed by atoms with van der Waals surface area (Å²) in [7, 11) is 0. The van der Waals surface area contributed by atoms with E-state index in [4.69, 9.17) is 15.3 Å². The Bertz CT molecular complexity index is 297. The van der Waals surface area contributed by atoms with Gasteiger partial charge in [0.2, 0.25) is 0 Å². The standard InChI is InChI=1S/C17H34O2.C5H12O2/c1-3-5-7-9-10-12-14-16(15-17(18)19)13-11-8-6-4-2;1-5(2,3-6)4-7/h16H,3-15H2,1-2H3,(H,18,19);6-7H,3-4H2,1-2H3. The van der Waals surface area contributed by atoms with Gasteiger partial charge in [-0.15, -0.1) is 0 Å². The fourth-order valence-electron chi connectivity index (χ4n) is 2.72. The van der Waals surface area contributed by atoms with E-state index in [1.54, 1.807) is 13.8 Å². The molecule has 4 nitrogen and oxygen atoms in total. The van der Waals surface area contributed by atoms with Crippen molar-refractivity contribution in [1.29, 1.82) is 0 Å². The number of rotatable bonds is 16. The van der Waals surface area contributed by atoms with Crippen molar-refractivity contribution in [3.8, 4) is 0 Å². The van der Waals surface area contributed by atoms with E-state index in [2.05, 4.69) is 13.8 Å². The fourth-order valence-corrected chi connectivity index (χ4v) is 2.72. The topological polar surface area (TPSA) is 77.8 Å². The lowest BCUT2D eigenvalue weighted by molar-refractivity contribution is -0.138. The molecule has 0 fully saturated rings. The highest BCUT2D eigenvalue weighted by molar-refractivity contribution is 5.66. The van der Waals surface area contributed by atoms with Crippen molar-refractivity contribution in [1.82, 2.24) is 0 Å². The first-order chi connectivity index (χ1) is 12.3. The van der Waals surface area contributed by atoms with Gasteiger partial charge < -0.3 is 15.3 Å². The third-order valence-electron chi connectivity index (χ3n) is 4.75. The molecule has 0 radical (unpaired) electrons. The number of aliphatic hydroxyl groups is 2. The molecule has 0 aliphatic heterocycles. The van der Waals surface area contributed by atoms with Crippen LogP contribution in [0.5, 0.6) is 0 Å². The molecule has 1 atom stereocenters. The minimum absolute atomic E-state index is 0.0451. The van der Waals surface area contributed by atoms with Crippen LogP contribution in [0.2, 0.25) is 0 Å². The quantitative estimate of drug-likeness (QED) is 0.299. The minimum atomic E-state index is -0.619. The molecule has 3 N–H and O–H groups in total. The van der Waals surface area contributed by atoms with Gasteiger partial charge in [-0.05, 0) is 18.8 Å². The van der Waals surface area contributed by atoms with E-state index in [1.807, 2.05) is 0 Å². The zero-order chi connectivity index (χ0) is 20.3. The highest BCUT2D eigenvalue weighted by Crippen LogP contribution is 2.21. The summed E-state index contributed by atoms with van der Waals surface area (Å²) in [6.07, 6.45) is 15.4. The molecule has 158 valence electrons. The molecule has 0 aromatic carbocycles. The van der Waals surface area contributed by atoms with Crippen LogP contribution in [0.25, 0.3) is 0 Å². The molecule has 0 aliphatic carbocycles. The Kier molecular flexibility index (Phi) is 20.3. The summed E-state index contributed by atoms with van der Waals surface area (Å²) in [5, 5.41) is 25.8. The van der Waals surface area contributed by atoms with Crippen LogP contribution in [0.4, 0.5) is 0 Å². The van der Waals surface area contributed by atoms with Crippen LogP contribution >= 0.6 is 0 Å². The van der Waals surface area contributed by atoms with E-state index in [0.717, 1.165) is 12.8 Å². The van der Waals surface area contributed by atoms with Gasteiger partial charge in [0, 0.05) is 11.8 Å². The average Bonchev–Trinajstić information content (AvgIpc) is 2.61. The Hall–Kier alpha value is -0.610. The second-order valence-corrected chi connectivity index (χ2v) is 8.35. The molecule has 0 heterocycles. The molecule has 0 aromatic heterocycles. The van der Waals surface area contributed by atoms with Crippen LogP contribution in [-0.4, -0.2) is 34.5 Å². The van der Waals surface area contributed by atoms with Crippen molar-refractivity contribution in [3.63, 3.8) is 0 Å². The molecule has 0 saturated carbocycles. The highest BCUT2D eigenvalue weighted by Gasteiger charge is 2.13. The van der Waals surface area contributed by atoms with E-state index in [1.165, 1.54) is 64.2 Å². The minimum Gasteiger partial charge on any atom is -0.481 e. The first kappa shape index (κ1) is 27.6. The van der Waals surface area contributed by atoms with Crippen molar-refractivity contribution in [2.75, 3.05) is 13.2 Å². The fraction of sp³-hybridized carbons (Fsp3) is 0.955. The molecule has 0 amide bonds. The van der Waals surface area contributed by atoms with Crippen molar-refractivity contribution >= 4 is 5.97 Å². The Balaban J connectivity index is 0. The van der Waals surface area contributed by atoms with Gasteiger partial charge in [0.25, 0.3) is 0 Å². The van der Waals surface area contributed by atoms with Gasteiger partial charge in [0.1, 0.15) is 0 Å². The molecular weight excluding hydrogens is 328 g/mol. The summed E-state index contributed by atoms with van der Waals surface area (Å²) >= 11 is 0. The lowest BCUT2D eigenvalue weighted by Gasteiger charge is -2.16. The second kappa shape index (κ2) is 19.2. The van der Waals surface area contributed by atoms with Gasteiger partial charge in [-0.25, -0.2) is 0 Å². The molecule has 0 saturated heterocycles. The number of aliphatic hydroxyl groups excluding tert-OH is 2. The number of carbonyl (C=O) groups is 1. The molecule has 0 spiro atoms. The number of aliphatic carboxylic acids is 1. The monoisotopic (exact) mass is 374 g/mol. The van der Waals surface area contributed by atoms with Crippen LogP contribution in [0.15, 0.2) is 0 Å². The zero-order valence-electron chi connectivity index (χ0n) is 17.9. The Morgan fingerprint density at radius 3 is 1.50 bits per heavy atom. The van der Waals surface area contributed by atoms with E-state index in [0.29, 0.717) is 12.3 Å². The van der Waals surface area contributed by atoms with Crippen LogP contribution in [0, 0.1) is 11.3 Å². The van der Waals surface area contributed by atoms with Crippen LogP contribution in [0.3, 0.4) is 0 Å². The summed E-state index contributed by atoms with van der Waals surface area (Å²) in [6, 6.07) is 0. The lowest BCUT2D eigenvalue weighted by Crippen LogP contribution is -2.20. The molecule has 0 rings (SSSR count). The van der Waals surface area contributed by atoms with Gasteiger partial charge in [-0.3, -0.25) is 4.79 Å². The normalized spacial score (nSPS) is 12.4. The van der Waals surface area contributed by atoms with Gasteiger partial charge in [0.05, 0.1) is 13.2 Å². The second-order valence-electron chi connectivity index (χ2n) is 8.35. The maximum absolute atomic E-state index is 10.9. The average molecular weight is 375 g/mol.